The van der Waals surface area contributed by atoms with Gasteiger partial charge in [0.05, 0.1) is 6.61 Å². The lowest BCUT2D eigenvalue weighted by molar-refractivity contribution is -0.140. The second-order valence-electron chi connectivity index (χ2n) is 3.95. The first kappa shape index (κ1) is 16.7. The van der Waals surface area contributed by atoms with Crippen LogP contribution in [0, 0.1) is 11.3 Å². The third-order valence-electron chi connectivity index (χ3n) is 2.35. The maximum Gasteiger partial charge on any atom is 0.348 e. The molecule has 0 spiro atoms. The summed E-state index contributed by atoms with van der Waals surface area (Å²) in [6.07, 6.45) is 6.86. The van der Waals surface area contributed by atoms with E-state index < -0.39 is 5.97 Å². The number of carbonyl (C=O) groups excluding carboxylic acids is 1. The highest BCUT2D eigenvalue weighted by Crippen LogP contribution is 2.00. The molecule has 4 nitrogen and oxygen atoms in total. The van der Waals surface area contributed by atoms with Gasteiger partial charge >= 0.3 is 5.97 Å². The van der Waals surface area contributed by atoms with Crippen molar-refractivity contribution in [1.82, 2.24) is 0 Å². The summed E-state index contributed by atoms with van der Waals surface area (Å²) in [7, 11) is 0. The molecule has 0 aromatic rings. The Hall–Kier alpha value is -1.34. The lowest BCUT2D eigenvalue weighted by Gasteiger charge is -2.05. The molecule has 0 aliphatic heterocycles. The molecule has 0 bridgehead atoms. The molecule has 0 aliphatic carbocycles. The van der Waals surface area contributed by atoms with Crippen molar-refractivity contribution in [2.24, 2.45) is 0 Å². The summed E-state index contributed by atoms with van der Waals surface area (Å²) in [6.45, 7) is 5.33. The zero-order valence-corrected chi connectivity index (χ0v) is 11.4. The van der Waals surface area contributed by atoms with E-state index in [4.69, 9.17) is 14.7 Å². The second kappa shape index (κ2) is 12.1. The van der Waals surface area contributed by atoms with E-state index >= 15 is 0 Å². The van der Waals surface area contributed by atoms with Gasteiger partial charge in [0.25, 0.3) is 0 Å². The molecule has 0 amide bonds. The number of rotatable bonds is 10. The summed E-state index contributed by atoms with van der Waals surface area (Å²) in [6, 6.07) is 1.82. The van der Waals surface area contributed by atoms with E-state index in [1.807, 2.05) is 13.0 Å². The van der Waals surface area contributed by atoms with Crippen LogP contribution < -0.4 is 0 Å². The second-order valence-corrected chi connectivity index (χ2v) is 3.95. The highest BCUT2D eigenvalue weighted by molar-refractivity contribution is 5.92. The van der Waals surface area contributed by atoms with Crippen LogP contribution in [0.5, 0.6) is 0 Å². The molecule has 0 radical (unpaired) electrons. The Balaban J connectivity index is 3.52. The van der Waals surface area contributed by atoms with Crippen LogP contribution in [-0.2, 0) is 14.3 Å². The van der Waals surface area contributed by atoms with Gasteiger partial charge in [-0.3, -0.25) is 0 Å². The number of unbranched alkanes of at least 4 members (excludes halogenated alkanes) is 3. The smallest absolute Gasteiger partial charge is 0.348 e. The number of esters is 1. The Morgan fingerprint density at radius 2 is 1.94 bits per heavy atom. The first-order valence-corrected chi connectivity index (χ1v) is 6.61. The van der Waals surface area contributed by atoms with Gasteiger partial charge in [0.2, 0.25) is 0 Å². The monoisotopic (exact) mass is 253 g/mol. The van der Waals surface area contributed by atoms with Crippen molar-refractivity contribution in [3.63, 3.8) is 0 Å². The number of nitriles is 1. The Morgan fingerprint density at radius 3 is 2.56 bits per heavy atom. The van der Waals surface area contributed by atoms with Crippen LogP contribution >= 0.6 is 0 Å². The van der Waals surface area contributed by atoms with Gasteiger partial charge in [-0.05, 0) is 12.8 Å². The summed E-state index contributed by atoms with van der Waals surface area (Å²) in [5, 5.41) is 8.70. The van der Waals surface area contributed by atoms with Crippen molar-refractivity contribution in [1.29, 1.82) is 5.26 Å². The fraction of sp³-hybridized carbons (Fsp3) is 0.714. The van der Waals surface area contributed by atoms with Gasteiger partial charge in [-0.25, -0.2) is 4.79 Å². The predicted molar refractivity (Wildman–Crippen MR) is 69.9 cm³/mol. The largest absolute Gasteiger partial charge is 0.459 e. The quantitative estimate of drug-likeness (QED) is 0.260. The molecular weight excluding hydrogens is 230 g/mol. The number of allylic oxidation sites excluding steroid dienone is 1. The molecule has 0 rings (SSSR count). The normalized spacial score (nSPS) is 11.1. The van der Waals surface area contributed by atoms with Gasteiger partial charge < -0.3 is 9.47 Å². The van der Waals surface area contributed by atoms with E-state index in [1.54, 1.807) is 6.08 Å². The molecule has 0 saturated carbocycles. The Kier molecular flexibility index (Phi) is 11.2. The van der Waals surface area contributed by atoms with Gasteiger partial charge in [-0.2, -0.15) is 5.26 Å². The van der Waals surface area contributed by atoms with Gasteiger partial charge in [-0.1, -0.05) is 39.2 Å². The molecule has 18 heavy (non-hydrogen) atoms. The third kappa shape index (κ3) is 8.77. The Labute approximate surface area is 110 Å². The van der Waals surface area contributed by atoms with Crippen LogP contribution in [0.3, 0.4) is 0 Å². The summed E-state index contributed by atoms with van der Waals surface area (Å²) >= 11 is 0. The summed E-state index contributed by atoms with van der Waals surface area (Å²) in [5.41, 5.74) is 0.0699. The predicted octanol–water partition coefficient (Wildman–Crippen LogP) is 2.99. The SMILES string of the molecule is CCC=C(C#N)C(=O)OCCOCCCCCC. The van der Waals surface area contributed by atoms with Crippen molar-refractivity contribution in [3.8, 4) is 6.07 Å². The van der Waals surface area contributed by atoms with Crippen LogP contribution in [0.4, 0.5) is 0 Å². The van der Waals surface area contributed by atoms with Crippen molar-refractivity contribution in [2.45, 2.75) is 46.0 Å². The zero-order chi connectivity index (χ0) is 13.6. The van der Waals surface area contributed by atoms with E-state index in [-0.39, 0.29) is 12.2 Å². The standard InChI is InChI=1S/C14H23NO3/c1-3-5-6-7-9-17-10-11-18-14(16)13(12-15)8-4-2/h8H,3-7,9-11H2,1-2H3. The number of hydrogen-bond donors (Lipinski definition) is 0. The van der Waals surface area contributed by atoms with Gasteiger partial charge in [0, 0.05) is 6.61 Å². The fourth-order valence-electron chi connectivity index (χ4n) is 1.38. The molecule has 0 fully saturated rings. The molecule has 0 aromatic carbocycles. The van der Waals surface area contributed by atoms with E-state index in [2.05, 4.69) is 6.92 Å². The lowest BCUT2D eigenvalue weighted by Crippen LogP contribution is -2.12. The van der Waals surface area contributed by atoms with Crippen LogP contribution in [0.2, 0.25) is 0 Å². The Bertz CT molecular complexity index is 292. The van der Waals surface area contributed by atoms with Crippen molar-refractivity contribution in [3.05, 3.63) is 11.6 Å². The highest BCUT2D eigenvalue weighted by atomic mass is 16.6. The maximum atomic E-state index is 11.4. The zero-order valence-electron chi connectivity index (χ0n) is 11.4. The summed E-state index contributed by atoms with van der Waals surface area (Å²) < 4.78 is 10.2. The van der Waals surface area contributed by atoms with Crippen molar-refractivity contribution >= 4 is 5.97 Å². The van der Waals surface area contributed by atoms with Gasteiger partial charge in [0.1, 0.15) is 18.2 Å². The van der Waals surface area contributed by atoms with Crippen LogP contribution in [0.25, 0.3) is 0 Å². The summed E-state index contributed by atoms with van der Waals surface area (Å²) in [4.78, 5) is 11.4. The van der Waals surface area contributed by atoms with Crippen molar-refractivity contribution < 1.29 is 14.3 Å². The van der Waals surface area contributed by atoms with Crippen LogP contribution in [0.15, 0.2) is 11.6 Å². The lowest BCUT2D eigenvalue weighted by atomic mass is 10.2. The molecule has 0 atom stereocenters. The number of hydrogen-bond acceptors (Lipinski definition) is 4. The fourth-order valence-corrected chi connectivity index (χ4v) is 1.38. The van der Waals surface area contributed by atoms with Crippen LogP contribution in [0.1, 0.15) is 46.0 Å². The van der Waals surface area contributed by atoms with E-state index in [1.165, 1.54) is 19.3 Å². The first-order valence-electron chi connectivity index (χ1n) is 6.61. The molecule has 0 saturated heterocycles. The number of ether oxygens (including phenoxy) is 2. The molecule has 0 heterocycles. The average Bonchev–Trinajstić information content (AvgIpc) is 2.38. The maximum absolute atomic E-state index is 11.4. The average molecular weight is 253 g/mol. The molecule has 0 N–H and O–H groups in total. The van der Waals surface area contributed by atoms with Crippen LogP contribution in [-0.4, -0.2) is 25.8 Å². The number of carbonyl (C=O) groups is 1. The van der Waals surface area contributed by atoms with E-state index in [9.17, 15) is 4.79 Å². The molecule has 0 aromatic heterocycles. The molecule has 4 heteroatoms. The highest BCUT2D eigenvalue weighted by Gasteiger charge is 2.08. The number of nitrogens with zero attached hydrogens (tertiary/aromatic N) is 1. The molecule has 0 unspecified atom stereocenters. The van der Waals surface area contributed by atoms with Crippen molar-refractivity contribution in [2.75, 3.05) is 19.8 Å². The first-order chi connectivity index (χ1) is 8.76. The minimum atomic E-state index is -0.561. The molecular formula is C14H23NO3. The third-order valence-corrected chi connectivity index (χ3v) is 2.35. The van der Waals surface area contributed by atoms with Gasteiger partial charge in [0.15, 0.2) is 0 Å². The van der Waals surface area contributed by atoms with Gasteiger partial charge in [-0.15, -0.1) is 0 Å². The molecule has 102 valence electrons. The minimum Gasteiger partial charge on any atom is -0.459 e. The molecule has 0 aliphatic rings. The summed E-state index contributed by atoms with van der Waals surface area (Å²) in [5.74, 6) is -0.561. The minimum absolute atomic E-state index is 0.0699. The topological polar surface area (TPSA) is 59.3 Å². The van der Waals surface area contributed by atoms with E-state index in [0.717, 1.165) is 6.42 Å². The Morgan fingerprint density at radius 1 is 1.17 bits per heavy atom. The van der Waals surface area contributed by atoms with E-state index in [0.29, 0.717) is 19.6 Å².